The van der Waals surface area contributed by atoms with Crippen LogP contribution in [0.1, 0.15) is 29.9 Å². The molecule has 0 radical (unpaired) electrons. The van der Waals surface area contributed by atoms with Gasteiger partial charge in [-0.15, -0.1) is 0 Å². The van der Waals surface area contributed by atoms with Crippen LogP contribution >= 0.6 is 0 Å². The number of aromatic carboxylic acids is 1. The lowest BCUT2D eigenvalue weighted by Crippen LogP contribution is -2.10. The van der Waals surface area contributed by atoms with Gasteiger partial charge in [0.25, 0.3) is 0 Å². The Hall–Kier alpha value is -1.58. The van der Waals surface area contributed by atoms with Crippen LogP contribution in [0.15, 0.2) is 17.8 Å². The van der Waals surface area contributed by atoms with Crippen molar-refractivity contribution in [2.24, 2.45) is 0 Å². The van der Waals surface area contributed by atoms with E-state index in [4.69, 9.17) is 5.11 Å². The van der Waals surface area contributed by atoms with E-state index in [2.05, 4.69) is 5.10 Å². The molecule has 0 atom stereocenters. The molecule has 4 nitrogen and oxygen atoms in total. The van der Waals surface area contributed by atoms with Gasteiger partial charge < -0.3 is 5.11 Å². The Bertz CT molecular complexity index is 373. The van der Waals surface area contributed by atoms with E-state index in [9.17, 15) is 4.79 Å². The molecule has 0 spiro atoms. The molecule has 14 heavy (non-hydrogen) atoms. The molecule has 0 amide bonds. The highest BCUT2D eigenvalue weighted by molar-refractivity contribution is 5.87. The van der Waals surface area contributed by atoms with Crippen LogP contribution in [0.2, 0.25) is 0 Å². The maximum Gasteiger partial charge on any atom is 0.354 e. The quantitative estimate of drug-likeness (QED) is 0.747. The topological polar surface area (TPSA) is 55.1 Å². The predicted molar refractivity (Wildman–Crippen MR) is 53.4 cm³/mol. The van der Waals surface area contributed by atoms with Gasteiger partial charge in [0.15, 0.2) is 0 Å². The van der Waals surface area contributed by atoms with E-state index in [-0.39, 0.29) is 5.69 Å². The second-order valence-corrected chi connectivity index (χ2v) is 3.44. The van der Waals surface area contributed by atoms with Crippen LogP contribution in [0.4, 0.5) is 0 Å². The summed E-state index contributed by atoms with van der Waals surface area (Å²) in [5, 5.41) is 12.9. The van der Waals surface area contributed by atoms with Crippen LogP contribution in [-0.2, 0) is 6.54 Å². The van der Waals surface area contributed by atoms with Crippen molar-refractivity contribution in [2.75, 3.05) is 0 Å². The fourth-order valence-electron chi connectivity index (χ4n) is 1.17. The van der Waals surface area contributed by atoms with Crippen molar-refractivity contribution >= 4 is 5.97 Å². The monoisotopic (exact) mass is 194 g/mol. The van der Waals surface area contributed by atoms with Crippen LogP contribution in [0.25, 0.3) is 0 Å². The summed E-state index contributed by atoms with van der Waals surface area (Å²) >= 11 is 0. The van der Waals surface area contributed by atoms with Gasteiger partial charge >= 0.3 is 5.97 Å². The highest BCUT2D eigenvalue weighted by atomic mass is 16.4. The Morgan fingerprint density at radius 2 is 2.29 bits per heavy atom. The number of carboxylic acids is 1. The van der Waals surface area contributed by atoms with E-state index in [0.717, 1.165) is 5.57 Å². The molecule has 0 bridgehead atoms. The van der Waals surface area contributed by atoms with Crippen molar-refractivity contribution in [3.05, 3.63) is 29.1 Å². The molecular weight excluding hydrogens is 180 g/mol. The van der Waals surface area contributed by atoms with Crippen LogP contribution in [0.5, 0.6) is 0 Å². The number of carboxylic acid groups (broad SMARTS) is 1. The Labute approximate surface area is 82.9 Å². The molecule has 76 valence electrons. The summed E-state index contributed by atoms with van der Waals surface area (Å²) in [4.78, 5) is 10.9. The predicted octanol–water partition coefficient (Wildman–Crippen LogP) is 1.86. The lowest BCUT2D eigenvalue weighted by molar-refractivity contribution is 0.0683. The summed E-state index contributed by atoms with van der Waals surface area (Å²) in [7, 11) is 0. The molecule has 1 rings (SSSR count). The largest absolute Gasteiger partial charge is 0.477 e. The molecule has 0 saturated heterocycles. The Balaban J connectivity index is 2.98. The first-order valence-corrected chi connectivity index (χ1v) is 4.41. The van der Waals surface area contributed by atoms with E-state index in [1.807, 2.05) is 19.9 Å². The Kier molecular flexibility index (Phi) is 3.06. The van der Waals surface area contributed by atoms with Gasteiger partial charge in [-0.25, -0.2) is 4.79 Å². The lowest BCUT2D eigenvalue weighted by atomic mass is 10.2. The maximum atomic E-state index is 10.9. The lowest BCUT2D eigenvalue weighted by Gasteiger charge is -2.01. The standard InChI is InChI=1S/C10H14N2O2/c1-7(2)4-5-12-9(10(13)14)8(3)6-11-12/h4,6H,5H2,1-3H3,(H,13,14). The first-order chi connectivity index (χ1) is 6.52. The first kappa shape index (κ1) is 10.5. The second-order valence-electron chi connectivity index (χ2n) is 3.44. The van der Waals surface area contributed by atoms with Crippen LogP contribution < -0.4 is 0 Å². The number of rotatable bonds is 3. The fraction of sp³-hybridized carbons (Fsp3) is 0.400. The number of nitrogens with zero attached hydrogens (tertiary/aromatic N) is 2. The van der Waals surface area contributed by atoms with Crippen molar-refractivity contribution in [1.29, 1.82) is 0 Å². The number of carbonyl (C=O) groups is 1. The third-order valence-corrected chi connectivity index (χ3v) is 1.90. The highest BCUT2D eigenvalue weighted by Crippen LogP contribution is 2.07. The van der Waals surface area contributed by atoms with E-state index >= 15 is 0 Å². The zero-order valence-electron chi connectivity index (χ0n) is 8.61. The van der Waals surface area contributed by atoms with Crippen LogP contribution in [0.3, 0.4) is 0 Å². The molecule has 0 aliphatic heterocycles. The van der Waals surface area contributed by atoms with E-state index in [1.54, 1.807) is 13.1 Å². The SMILES string of the molecule is CC(C)=CCn1ncc(C)c1C(=O)O. The number of hydrogen-bond acceptors (Lipinski definition) is 2. The minimum Gasteiger partial charge on any atom is -0.477 e. The molecule has 0 aliphatic carbocycles. The smallest absolute Gasteiger partial charge is 0.354 e. The molecule has 1 N–H and O–H groups in total. The van der Waals surface area contributed by atoms with Gasteiger partial charge in [0.05, 0.1) is 12.7 Å². The molecule has 1 aromatic rings. The fourth-order valence-corrected chi connectivity index (χ4v) is 1.17. The molecule has 1 heterocycles. The summed E-state index contributed by atoms with van der Waals surface area (Å²) in [6.07, 6.45) is 3.52. The Morgan fingerprint density at radius 3 is 2.79 bits per heavy atom. The van der Waals surface area contributed by atoms with Gasteiger partial charge in [-0.3, -0.25) is 4.68 Å². The third kappa shape index (κ3) is 2.22. The maximum absolute atomic E-state index is 10.9. The minimum atomic E-state index is -0.929. The number of hydrogen-bond donors (Lipinski definition) is 1. The number of aryl methyl sites for hydroxylation is 1. The summed E-state index contributed by atoms with van der Waals surface area (Å²) in [5.41, 5.74) is 2.11. The zero-order chi connectivity index (χ0) is 10.7. The van der Waals surface area contributed by atoms with Crippen molar-refractivity contribution in [3.8, 4) is 0 Å². The zero-order valence-corrected chi connectivity index (χ0v) is 8.61. The normalized spacial score (nSPS) is 9.93. The van der Waals surface area contributed by atoms with Gasteiger partial charge in [-0.05, 0) is 20.8 Å². The number of aromatic nitrogens is 2. The van der Waals surface area contributed by atoms with Crippen LogP contribution in [0, 0.1) is 6.92 Å². The number of allylic oxidation sites excluding steroid dienone is 2. The minimum absolute atomic E-state index is 0.266. The van der Waals surface area contributed by atoms with Gasteiger partial charge in [0.1, 0.15) is 5.69 Å². The molecule has 0 aliphatic rings. The average Bonchev–Trinajstić information content (AvgIpc) is 2.43. The molecule has 1 aromatic heterocycles. The van der Waals surface area contributed by atoms with Crippen molar-refractivity contribution in [2.45, 2.75) is 27.3 Å². The van der Waals surface area contributed by atoms with Crippen LogP contribution in [-0.4, -0.2) is 20.9 Å². The third-order valence-electron chi connectivity index (χ3n) is 1.90. The van der Waals surface area contributed by atoms with Crippen molar-refractivity contribution in [3.63, 3.8) is 0 Å². The van der Waals surface area contributed by atoms with Gasteiger partial charge in [0.2, 0.25) is 0 Å². The van der Waals surface area contributed by atoms with E-state index in [0.29, 0.717) is 12.1 Å². The summed E-state index contributed by atoms with van der Waals surface area (Å²) in [6, 6.07) is 0. The molecular formula is C10H14N2O2. The van der Waals surface area contributed by atoms with Gasteiger partial charge in [-0.2, -0.15) is 5.10 Å². The molecule has 0 fully saturated rings. The van der Waals surface area contributed by atoms with Crippen molar-refractivity contribution in [1.82, 2.24) is 9.78 Å². The second kappa shape index (κ2) is 4.09. The molecule has 0 unspecified atom stereocenters. The molecule has 4 heteroatoms. The van der Waals surface area contributed by atoms with Gasteiger partial charge in [-0.1, -0.05) is 11.6 Å². The van der Waals surface area contributed by atoms with E-state index in [1.165, 1.54) is 4.68 Å². The molecule has 0 saturated carbocycles. The van der Waals surface area contributed by atoms with Gasteiger partial charge in [0, 0.05) is 5.56 Å². The molecule has 0 aromatic carbocycles. The highest BCUT2D eigenvalue weighted by Gasteiger charge is 2.13. The van der Waals surface area contributed by atoms with E-state index < -0.39 is 5.97 Å². The average molecular weight is 194 g/mol. The first-order valence-electron chi connectivity index (χ1n) is 4.41. The summed E-state index contributed by atoms with van der Waals surface area (Å²) < 4.78 is 1.49. The van der Waals surface area contributed by atoms with Crippen molar-refractivity contribution < 1.29 is 9.90 Å². The summed E-state index contributed by atoms with van der Waals surface area (Å²) in [6.45, 7) is 6.20. The Morgan fingerprint density at radius 1 is 1.64 bits per heavy atom. The summed E-state index contributed by atoms with van der Waals surface area (Å²) in [5.74, 6) is -0.929.